The average molecular weight is 663 g/mol. The van der Waals surface area contributed by atoms with Gasteiger partial charge in [-0.15, -0.1) is 0 Å². The smallest absolute Gasteiger partial charge is 0.236 e. The minimum atomic E-state index is -0.0216. The van der Waals surface area contributed by atoms with Gasteiger partial charge in [0.05, 0.1) is 19.8 Å². The molecule has 0 aliphatic rings. The lowest BCUT2D eigenvalue weighted by Gasteiger charge is -2.22. The zero-order chi connectivity index (χ0) is 34.1. The van der Waals surface area contributed by atoms with Crippen molar-refractivity contribution in [3.05, 3.63) is 24.3 Å². The summed E-state index contributed by atoms with van der Waals surface area (Å²) in [4.78, 5) is 14.0. The summed E-state index contributed by atoms with van der Waals surface area (Å²) in [5.74, 6) is -0.0216. The highest BCUT2D eigenvalue weighted by Gasteiger charge is 2.11. The van der Waals surface area contributed by atoms with E-state index < -0.39 is 0 Å². The third kappa shape index (κ3) is 37.5. The van der Waals surface area contributed by atoms with Crippen LogP contribution in [0.25, 0.3) is 0 Å². The fraction of sp³-hybridized carbons (Fsp3) is 0.881. The first-order valence-corrected chi connectivity index (χ1v) is 20.7. The summed E-state index contributed by atoms with van der Waals surface area (Å²) in [7, 11) is 0. The van der Waals surface area contributed by atoms with E-state index in [0.717, 1.165) is 26.1 Å². The third-order valence-corrected chi connectivity index (χ3v) is 9.14. The Morgan fingerprint density at radius 1 is 0.447 bits per heavy atom. The number of allylic oxidation sites excluding steroid dienone is 4. The maximum atomic E-state index is 12.2. The van der Waals surface area contributed by atoms with E-state index in [1.54, 1.807) is 4.90 Å². The zero-order valence-electron chi connectivity index (χ0n) is 31.8. The number of nitrogens with two attached hydrogens (primary N) is 1. The van der Waals surface area contributed by atoms with Gasteiger partial charge in [-0.1, -0.05) is 154 Å². The highest BCUT2D eigenvalue weighted by molar-refractivity contribution is 5.77. The van der Waals surface area contributed by atoms with E-state index in [2.05, 4.69) is 38.2 Å². The molecule has 47 heavy (non-hydrogen) atoms. The van der Waals surface area contributed by atoms with Crippen LogP contribution in [0.3, 0.4) is 0 Å². The van der Waals surface area contributed by atoms with E-state index in [9.17, 15) is 4.79 Å². The van der Waals surface area contributed by atoms with Gasteiger partial charge in [-0.2, -0.15) is 0 Å². The molecule has 5 heteroatoms. The van der Waals surface area contributed by atoms with E-state index >= 15 is 0 Å². The molecule has 0 radical (unpaired) electrons. The third-order valence-electron chi connectivity index (χ3n) is 9.14. The SMILES string of the molecule is CCCCCCCC/C=C\CCCCCCCCOCCN(CCOCCCCCCCC/C=C\CCCCCCCC)C(=O)CN. The average Bonchev–Trinajstić information content (AvgIpc) is 3.09. The second-order valence-corrected chi connectivity index (χ2v) is 13.7. The van der Waals surface area contributed by atoms with Crippen molar-refractivity contribution in [2.24, 2.45) is 5.73 Å². The lowest BCUT2D eigenvalue weighted by molar-refractivity contribution is -0.131. The molecule has 0 atom stereocenters. The van der Waals surface area contributed by atoms with Crippen LogP contribution in [0.2, 0.25) is 0 Å². The van der Waals surface area contributed by atoms with E-state index in [0.29, 0.717) is 26.3 Å². The molecular weight excluding hydrogens is 580 g/mol. The highest BCUT2D eigenvalue weighted by Crippen LogP contribution is 2.12. The number of carbonyl (C=O) groups is 1. The maximum absolute atomic E-state index is 12.2. The largest absolute Gasteiger partial charge is 0.380 e. The molecule has 5 nitrogen and oxygen atoms in total. The molecule has 278 valence electrons. The van der Waals surface area contributed by atoms with E-state index in [-0.39, 0.29) is 12.5 Å². The molecule has 0 aliphatic carbocycles. The Bertz CT molecular complexity index is 618. The van der Waals surface area contributed by atoms with Gasteiger partial charge in [-0.25, -0.2) is 0 Å². The first-order valence-electron chi connectivity index (χ1n) is 20.7. The Labute approximate surface area is 294 Å². The first kappa shape index (κ1) is 45.8. The molecular formula is C42H82N2O3. The first-order chi connectivity index (χ1) is 23.3. The van der Waals surface area contributed by atoms with E-state index in [1.165, 1.54) is 167 Å². The van der Waals surface area contributed by atoms with Crippen LogP contribution < -0.4 is 5.73 Å². The number of ether oxygens (including phenoxy) is 2. The van der Waals surface area contributed by atoms with Crippen LogP contribution in [0.4, 0.5) is 0 Å². The number of carbonyl (C=O) groups excluding carboxylic acids is 1. The van der Waals surface area contributed by atoms with Crippen LogP contribution in [0.5, 0.6) is 0 Å². The Kier molecular flexibility index (Phi) is 40.0. The van der Waals surface area contributed by atoms with Crippen molar-refractivity contribution in [2.75, 3.05) is 46.1 Å². The quantitative estimate of drug-likeness (QED) is 0.0525. The Hall–Kier alpha value is -1.17. The fourth-order valence-corrected chi connectivity index (χ4v) is 5.95. The molecule has 0 aromatic heterocycles. The van der Waals surface area contributed by atoms with Gasteiger partial charge in [0.1, 0.15) is 0 Å². The normalized spacial score (nSPS) is 11.8. The van der Waals surface area contributed by atoms with Gasteiger partial charge in [-0.05, 0) is 64.2 Å². The number of amides is 1. The molecule has 0 unspecified atom stereocenters. The van der Waals surface area contributed by atoms with Crippen LogP contribution in [-0.4, -0.2) is 56.9 Å². The number of nitrogens with zero attached hydrogens (tertiary/aromatic N) is 1. The number of hydrogen-bond acceptors (Lipinski definition) is 4. The van der Waals surface area contributed by atoms with E-state index in [4.69, 9.17) is 15.2 Å². The van der Waals surface area contributed by atoms with Gasteiger partial charge in [-0.3, -0.25) is 4.79 Å². The summed E-state index contributed by atoms with van der Waals surface area (Å²) in [6, 6.07) is 0. The lowest BCUT2D eigenvalue weighted by Crippen LogP contribution is -2.40. The molecule has 0 aliphatic heterocycles. The fourth-order valence-electron chi connectivity index (χ4n) is 5.95. The molecule has 0 aromatic carbocycles. The maximum Gasteiger partial charge on any atom is 0.236 e. The topological polar surface area (TPSA) is 64.8 Å². The van der Waals surface area contributed by atoms with Crippen molar-refractivity contribution in [1.82, 2.24) is 4.90 Å². The van der Waals surface area contributed by atoms with Crippen molar-refractivity contribution in [1.29, 1.82) is 0 Å². The molecule has 0 saturated carbocycles. The van der Waals surface area contributed by atoms with Gasteiger partial charge in [0.2, 0.25) is 5.91 Å². The molecule has 0 rings (SSSR count). The van der Waals surface area contributed by atoms with Crippen LogP contribution in [0, 0.1) is 0 Å². The van der Waals surface area contributed by atoms with Gasteiger partial charge in [0, 0.05) is 26.3 Å². The van der Waals surface area contributed by atoms with Crippen molar-refractivity contribution in [3.63, 3.8) is 0 Å². The summed E-state index contributed by atoms with van der Waals surface area (Å²) in [6.45, 7) is 8.50. The summed E-state index contributed by atoms with van der Waals surface area (Å²) < 4.78 is 11.7. The molecule has 0 spiro atoms. The van der Waals surface area contributed by atoms with Crippen LogP contribution in [0.1, 0.15) is 194 Å². The van der Waals surface area contributed by atoms with Crippen LogP contribution in [-0.2, 0) is 14.3 Å². The summed E-state index contributed by atoms with van der Waals surface area (Å²) >= 11 is 0. The molecule has 2 N–H and O–H groups in total. The molecule has 1 amide bonds. The predicted molar refractivity (Wildman–Crippen MR) is 206 cm³/mol. The second-order valence-electron chi connectivity index (χ2n) is 13.7. The summed E-state index contributed by atoms with van der Waals surface area (Å²) in [5.41, 5.74) is 5.64. The number of unbranched alkanes of at least 4 members (excludes halogenated alkanes) is 24. The van der Waals surface area contributed by atoms with Crippen molar-refractivity contribution < 1.29 is 14.3 Å². The van der Waals surface area contributed by atoms with Gasteiger partial charge >= 0.3 is 0 Å². The summed E-state index contributed by atoms with van der Waals surface area (Å²) in [5, 5.41) is 0. The Balaban J connectivity index is 3.51. The van der Waals surface area contributed by atoms with Crippen LogP contribution >= 0.6 is 0 Å². The minimum Gasteiger partial charge on any atom is -0.380 e. The standard InChI is InChI=1S/C42H82N2O3/c1-3-5-7-9-11-13-15-17-19-21-23-25-27-29-31-33-37-46-39-35-44(42(45)41-43)36-40-47-38-34-32-30-28-26-24-22-20-18-16-14-12-10-8-6-4-2/h17-20H,3-16,21-41,43H2,1-2H3/b19-17-,20-18-. The summed E-state index contributed by atoms with van der Waals surface area (Å²) in [6.07, 6.45) is 46.3. The van der Waals surface area contributed by atoms with Gasteiger partial charge < -0.3 is 20.1 Å². The van der Waals surface area contributed by atoms with Crippen LogP contribution in [0.15, 0.2) is 24.3 Å². The Morgan fingerprint density at radius 3 is 1.06 bits per heavy atom. The number of rotatable bonds is 39. The van der Waals surface area contributed by atoms with Gasteiger partial charge in [0.15, 0.2) is 0 Å². The molecule has 0 heterocycles. The molecule has 0 bridgehead atoms. The monoisotopic (exact) mass is 663 g/mol. The zero-order valence-corrected chi connectivity index (χ0v) is 31.8. The minimum absolute atomic E-state index is 0.0216. The van der Waals surface area contributed by atoms with Crippen molar-refractivity contribution >= 4 is 5.91 Å². The second kappa shape index (κ2) is 41.0. The molecule has 0 aromatic rings. The number of hydrogen-bond donors (Lipinski definition) is 1. The predicted octanol–water partition coefficient (Wildman–Crippen LogP) is 11.9. The molecule has 0 fully saturated rings. The van der Waals surface area contributed by atoms with Gasteiger partial charge in [0.25, 0.3) is 0 Å². The Morgan fingerprint density at radius 2 is 0.745 bits per heavy atom. The van der Waals surface area contributed by atoms with Crippen molar-refractivity contribution in [2.45, 2.75) is 194 Å². The molecule has 0 saturated heterocycles. The van der Waals surface area contributed by atoms with E-state index in [1.807, 2.05) is 0 Å². The lowest BCUT2D eigenvalue weighted by atomic mass is 10.1. The highest BCUT2D eigenvalue weighted by atomic mass is 16.5. The van der Waals surface area contributed by atoms with Crippen molar-refractivity contribution in [3.8, 4) is 0 Å².